The Balaban J connectivity index is 1.93. The molecule has 0 spiro atoms. The minimum Gasteiger partial charge on any atom is -0.312 e. The number of carbonyl (C=O) groups is 1. The van der Waals surface area contributed by atoms with Crippen LogP contribution >= 0.6 is 0 Å². The lowest BCUT2D eigenvalue weighted by Gasteiger charge is -2.31. The molecule has 3 rings (SSSR count). The van der Waals surface area contributed by atoms with Crippen molar-refractivity contribution in [3.05, 3.63) is 29.8 Å². The van der Waals surface area contributed by atoms with Gasteiger partial charge in [-0.3, -0.25) is 4.79 Å². The van der Waals surface area contributed by atoms with Gasteiger partial charge in [-0.25, -0.2) is 0 Å². The van der Waals surface area contributed by atoms with E-state index < -0.39 is 0 Å². The number of carbonyl (C=O) groups excluding carboxylic acids is 1. The van der Waals surface area contributed by atoms with Gasteiger partial charge in [0.2, 0.25) is 5.91 Å². The molecule has 2 heteroatoms. The molecule has 1 amide bonds. The van der Waals surface area contributed by atoms with E-state index >= 15 is 0 Å². The summed E-state index contributed by atoms with van der Waals surface area (Å²) in [6.07, 6.45) is 7.69. The third kappa shape index (κ3) is 2.06. The summed E-state index contributed by atoms with van der Waals surface area (Å²) < 4.78 is 0. The zero-order valence-electron chi connectivity index (χ0n) is 12.7. The molecule has 1 aromatic rings. The van der Waals surface area contributed by atoms with Crippen LogP contribution in [-0.4, -0.2) is 12.5 Å². The van der Waals surface area contributed by atoms with Gasteiger partial charge < -0.3 is 4.90 Å². The summed E-state index contributed by atoms with van der Waals surface area (Å²) >= 11 is 0. The van der Waals surface area contributed by atoms with Crippen LogP contribution < -0.4 is 4.90 Å². The fourth-order valence-electron chi connectivity index (χ4n) is 4.18. The second-order valence-electron chi connectivity index (χ2n) is 6.61. The molecule has 1 heterocycles. The smallest absolute Gasteiger partial charge is 0.237 e. The lowest BCUT2D eigenvalue weighted by atomic mass is 9.72. The number of amides is 1. The van der Waals surface area contributed by atoms with Crippen LogP contribution in [0.3, 0.4) is 0 Å². The molecule has 2 nitrogen and oxygen atoms in total. The van der Waals surface area contributed by atoms with Gasteiger partial charge in [-0.15, -0.1) is 0 Å². The molecule has 1 saturated carbocycles. The molecule has 0 bridgehead atoms. The normalized spacial score (nSPS) is 26.9. The summed E-state index contributed by atoms with van der Waals surface area (Å²) in [6, 6.07) is 8.38. The maximum atomic E-state index is 12.9. The van der Waals surface area contributed by atoms with Crippen molar-refractivity contribution in [3.8, 4) is 0 Å². The number of para-hydroxylation sites is 1. The maximum absolute atomic E-state index is 12.9. The van der Waals surface area contributed by atoms with E-state index in [1.54, 1.807) is 0 Å². The third-order valence-corrected chi connectivity index (χ3v) is 5.24. The molecule has 108 valence electrons. The Morgan fingerprint density at radius 2 is 1.90 bits per heavy atom. The molecular weight excluding hydrogens is 246 g/mol. The number of fused-ring (bicyclic) bond motifs is 1. The topological polar surface area (TPSA) is 20.3 Å². The van der Waals surface area contributed by atoms with Crippen molar-refractivity contribution in [2.24, 2.45) is 5.92 Å². The van der Waals surface area contributed by atoms with Crippen molar-refractivity contribution >= 4 is 11.6 Å². The van der Waals surface area contributed by atoms with E-state index in [2.05, 4.69) is 32.0 Å². The molecule has 1 atom stereocenters. The van der Waals surface area contributed by atoms with Gasteiger partial charge in [0.15, 0.2) is 0 Å². The Hall–Kier alpha value is -1.31. The van der Waals surface area contributed by atoms with Crippen LogP contribution in [0, 0.1) is 5.92 Å². The summed E-state index contributed by atoms with van der Waals surface area (Å²) in [5.74, 6) is 1.04. The van der Waals surface area contributed by atoms with Crippen LogP contribution in [0.5, 0.6) is 0 Å². The second kappa shape index (κ2) is 5.23. The van der Waals surface area contributed by atoms with E-state index in [1.807, 2.05) is 11.0 Å². The number of likely N-dealkylation sites (N-methyl/N-ethyl adjacent to an activating group) is 1. The van der Waals surface area contributed by atoms with Crippen LogP contribution in [0.2, 0.25) is 0 Å². The molecule has 1 aliphatic carbocycles. The highest BCUT2D eigenvalue weighted by Crippen LogP contribution is 2.46. The summed E-state index contributed by atoms with van der Waals surface area (Å²) in [7, 11) is 0. The average Bonchev–Trinajstić information content (AvgIpc) is 2.69. The van der Waals surface area contributed by atoms with Gasteiger partial charge in [0.05, 0.1) is 5.41 Å². The fraction of sp³-hybridized carbons (Fsp3) is 0.611. The second-order valence-corrected chi connectivity index (χ2v) is 6.61. The van der Waals surface area contributed by atoms with Gasteiger partial charge in [0, 0.05) is 12.2 Å². The SMILES string of the molecule is CCN1C(=O)C(C)(CC2CCCCC2)c2ccccc21. The summed E-state index contributed by atoms with van der Waals surface area (Å²) in [5.41, 5.74) is 2.09. The molecule has 1 unspecified atom stereocenters. The van der Waals surface area contributed by atoms with Crippen LogP contribution in [0.4, 0.5) is 5.69 Å². The molecule has 1 fully saturated rings. The lowest BCUT2D eigenvalue weighted by molar-refractivity contribution is -0.123. The van der Waals surface area contributed by atoms with Crippen molar-refractivity contribution in [2.75, 3.05) is 11.4 Å². The van der Waals surface area contributed by atoms with E-state index in [-0.39, 0.29) is 5.41 Å². The number of benzene rings is 1. The quantitative estimate of drug-likeness (QED) is 0.803. The van der Waals surface area contributed by atoms with Gasteiger partial charge in [-0.1, -0.05) is 50.3 Å². The predicted octanol–water partition coefficient (Wildman–Crippen LogP) is 4.28. The van der Waals surface area contributed by atoms with Gasteiger partial charge in [-0.05, 0) is 37.8 Å². The largest absolute Gasteiger partial charge is 0.312 e. The number of nitrogens with zero attached hydrogens (tertiary/aromatic N) is 1. The Kier molecular flexibility index (Phi) is 3.57. The molecule has 0 radical (unpaired) electrons. The summed E-state index contributed by atoms with van der Waals surface area (Å²) in [6.45, 7) is 5.01. The first kappa shape index (κ1) is 13.7. The standard InChI is InChI=1S/C18H25NO/c1-3-19-16-12-8-7-11-15(16)18(2,17(19)20)13-14-9-5-4-6-10-14/h7-8,11-12,14H,3-6,9-10,13H2,1-2H3. The van der Waals surface area contributed by atoms with E-state index in [1.165, 1.54) is 37.7 Å². The third-order valence-electron chi connectivity index (χ3n) is 5.24. The van der Waals surface area contributed by atoms with Crippen LogP contribution in [0.1, 0.15) is 57.9 Å². The van der Waals surface area contributed by atoms with Crippen molar-refractivity contribution in [1.29, 1.82) is 0 Å². The predicted molar refractivity (Wildman–Crippen MR) is 83.0 cm³/mol. The van der Waals surface area contributed by atoms with Gasteiger partial charge in [-0.2, -0.15) is 0 Å². The first-order valence-electron chi connectivity index (χ1n) is 8.08. The average molecular weight is 271 g/mol. The summed E-state index contributed by atoms with van der Waals surface area (Å²) in [5, 5.41) is 0. The molecule has 1 aliphatic heterocycles. The van der Waals surface area contributed by atoms with Gasteiger partial charge in [0.25, 0.3) is 0 Å². The minimum absolute atomic E-state index is 0.297. The number of hydrogen-bond donors (Lipinski definition) is 0. The van der Waals surface area contributed by atoms with E-state index in [4.69, 9.17) is 0 Å². The molecular formula is C18H25NO. The van der Waals surface area contributed by atoms with Crippen LogP contribution in [0.25, 0.3) is 0 Å². The molecule has 0 N–H and O–H groups in total. The number of rotatable bonds is 3. The zero-order chi connectivity index (χ0) is 14.2. The number of hydrogen-bond acceptors (Lipinski definition) is 1. The maximum Gasteiger partial charge on any atom is 0.237 e. The molecule has 0 aromatic heterocycles. The Morgan fingerprint density at radius 3 is 2.60 bits per heavy atom. The molecule has 2 aliphatic rings. The Labute approximate surface area is 122 Å². The molecule has 0 saturated heterocycles. The van der Waals surface area contributed by atoms with Crippen molar-refractivity contribution in [1.82, 2.24) is 0 Å². The van der Waals surface area contributed by atoms with Crippen molar-refractivity contribution < 1.29 is 4.79 Å². The molecule has 20 heavy (non-hydrogen) atoms. The van der Waals surface area contributed by atoms with E-state index in [0.29, 0.717) is 5.91 Å². The van der Waals surface area contributed by atoms with E-state index in [0.717, 1.165) is 24.6 Å². The zero-order valence-corrected chi connectivity index (χ0v) is 12.7. The number of anilines is 1. The van der Waals surface area contributed by atoms with Crippen molar-refractivity contribution in [3.63, 3.8) is 0 Å². The van der Waals surface area contributed by atoms with Crippen LogP contribution in [-0.2, 0) is 10.2 Å². The fourth-order valence-corrected chi connectivity index (χ4v) is 4.18. The summed E-state index contributed by atoms with van der Waals surface area (Å²) in [4.78, 5) is 14.9. The Morgan fingerprint density at radius 1 is 1.20 bits per heavy atom. The highest BCUT2D eigenvalue weighted by Gasteiger charge is 2.47. The van der Waals surface area contributed by atoms with Crippen molar-refractivity contribution in [2.45, 2.75) is 57.8 Å². The first-order valence-corrected chi connectivity index (χ1v) is 8.08. The monoisotopic (exact) mass is 271 g/mol. The lowest BCUT2D eigenvalue weighted by Crippen LogP contribution is -2.39. The first-order chi connectivity index (χ1) is 9.66. The van der Waals surface area contributed by atoms with E-state index in [9.17, 15) is 4.79 Å². The molecule has 1 aromatic carbocycles. The highest BCUT2D eigenvalue weighted by molar-refractivity contribution is 6.07. The van der Waals surface area contributed by atoms with Gasteiger partial charge >= 0.3 is 0 Å². The van der Waals surface area contributed by atoms with Crippen LogP contribution in [0.15, 0.2) is 24.3 Å². The Bertz CT molecular complexity index is 504. The minimum atomic E-state index is -0.297. The van der Waals surface area contributed by atoms with Gasteiger partial charge in [0.1, 0.15) is 0 Å². The highest BCUT2D eigenvalue weighted by atomic mass is 16.2.